The first-order valence-corrected chi connectivity index (χ1v) is 8.71. The molecule has 0 aromatic rings. The summed E-state index contributed by atoms with van der Waals surface area (Å²) in [5, 5.41) is 12.8. The molecule has 1 aliphatic heterocycles. The smallest absolute Gasteiger partial charge is 0.410 e. The lowest BCUT2D eigenvalue weighted by atomic mass is 9.85. The van der Waals surface area contributed by atoms with E-state index in [0.717, 1.165) is 38.5 Å². The van der Waals surface area contributed by atoms with Crippen molar-refractivity contribution in [3.05, 3.63) is 0 Å². The lowest BCUT2D eigenvalue weighted by molar-refractivity contribution is -0.143. The fraction of sp³-hybridized carbons (Fsp3) is 0.882. The van der Waals surface area contributed by atoms with Gasteiger partial charge in [0.1, 0.15) is 5.60 Å². The number of amides is 1. The minimum absolute atomic E-state index is 0.205. The number of piperidine rings is 1. The molecule has 0 aromatic carbocycles. The molecule has 0 bridgehead atoms. The quantitative estimate of drug-likeness (QED) is 0.833. The fourth-order valence-corrected chi connectivity index (χ4v) is 3.45. The average Bonchev–Trinajstić information content (AvgIpc) is 2.46. The number of carboxylic acid groups (broad SMARTS) is 1. The van der Waals surface area contributed by atoms with Crippen molar-refractivity contribution in [1.82, 2.24) is 10.2 Å². The van der Waals surface area contributed by atoms with Crippen molar-refractivity contribution in [2.45, 2.75) is 77.0 Å². The minimum Gasteiger partial charge on any atom is -0.481 e. The van der Waals surface area contributed by atoms with E-state index in [1.54, 1.807) is 4.90 Å². The Morgan fingerprint density at radius 2 is 1.74 bits per heavy atom. The predicted molar refractivity (Wildman–Crippen MR) is 87.3 cm³/mol. The van der Waals surface area contributed by atoms with Crippen LogP contribution in [0.25, 0.3) is 0 Å². The Morgan fingerprint density at radius 1 is 1.09 bits per heavy atom. The van der Waals surface area contributed by atoms with Crippen LogP contribution in [0.5, 0.6) is 0 Å². The zero-order valence-electron chi connectivity index (χ0n) is 14.5. The molecular formula is C17H30N2O4. The molecule has 0 spiro atoms. The Bertz CT molecular complexity index is 425. The number of hydrogen-bond donors (Lipinski definition) is 2. The Morgan fingerprint density at radius 3 is 2.30 bits per heavy atom. The van der Waals surface area contributed by atoms with Crippen molar-refractivity contribution in [2.24, 2.45) is 5.92 Å². The first-order chi connectivity index (χ1) is 10.7. The van der Waals surface area contributed by atoms with Gasteiger partial charge in [0.2, 0.25) is 0 Å². The second-order valence-electron chi connectivity index (χ2n) is 7.81. The van der Waals surface area contributed by atoms with Crippen molar-refractivity contribution in [3.8, 4) is 0 Å². The number of aliphatic carboxylic acids is 1. The van der Waals surface area contributed by atoms with E-state index < -0.39 is 11.6 Å². The molecule has 2 aliphatic rings. The third kappa shape index (κ3) is 5.68. The Hall–Kier alpha value is -1.30. The Kier molecular flexibility index (Phi) is 5.89. The van der Waals surface area contributed by atoms with Gasteiger partial charge in [-0.1, -0.05) is 6.42 Å². The van der Waals surface area contributed by atoms with E-state index in [4.69, 9.17) is 9.84 Å². The molecule has 2 N–H and O–H groups in total. The molecule has 1 saturated carbocycles. The van der Waals surface area contributed by atoms with E-state index in [0.29, 0.717) is 25.2 Å². The molecule has 2 unspecified atom stereocenters. The van der Waals surface area contributed by atoms with E-state index in [1.165, 1.54) is 0 Å². The summed E-state index contributed by atoms with van der Waals surface area (Å²) < 4.78 is 5.40. The van der Waals surface area contributed by atoms with Crippen LogP contribution >= 0.6 is 0 Å². The van der Waals surface area contributed by atoms with Crippen molar-refractivity contribution < 1.29 is 19.4 Å². The van der Waals surface area contributed by atoms with E-state index in [-0.39, 0.29) is 12.0 Å². The van der Waals surface area contributed by atoms with Gasteiger partial charge >= 0.3 is 12.1 Å². The van der Waals surface area contributed by atoms with Gasteiger partial charge in [0, 0.05) is 25.2 Å². The molecule has 1 heterocycles. The molecule has 2 atom stereocenters. The Labute approximate surface area is 138 Å². The lowest BCUT2D eigenvalue weighted by Gasteiger charge is -2.37. The normalized spacial score (nSPS) is 26.8. The highest BCUT2D eigenvalue weighted by molar-refractivity contribution is 5.70. The number of carboxylic acids is 1. The standard InChI is InChI=1S/C17H30N2O4/c1-17(2,3)23-16(22)19-9-7-13(8-10-19)18-14-6-4-5-12(11-14)15(20)21/h12-14,18H,4-11H2,1-3H3,(H,20,21). The van der Waals surface area contributed by atoms with Gasteiger partial charge in [-0.05, 0) is 52.9 Å². The number of hydrogen-bond acceptors (Lipinski definition) is 4. The molecule has 0 radical (unpaired) electrons. The summed E-state index contributed by atoms with van der Waals surface area (Å²) in [5.41, 5.74) is -0.458. The molecule has 6 heteroatoms. The van der Waals surface area contributed by atoms with E-state index in [1.807, 2.05) is 20.8 Å². The van der Waals surface area contributed by atoms with Crippen LogP contribution in [0.1, 0.15) is 59.3 Å². The molecule has 2 fully saturated rings. The van der Waals surface area contributed by atoms with Gasteiger partial charge in [-0.25, -0.2) is 4.79 Å². The van der Waals surface area contributed by atoms with Crippen LogP contribution in [0.15, 0.2) is 0 Å². The summed E-state index contributed by atoms with van der Waals surface area (Å²) in [7, 11) is 0. The van der Waals surface area contributed by atoms with Crippen LogP contribution in [0, 0.1) is 5.92 Å². The molecule has 2 rings (SSSR count). The number of rotatable bonds is 3. The first kappa shape index (κ1) is 18.0. The van der Waals surface area contributed by atoms with Gasteiger partial charge in [-0.3, -0.25) is 4.79 Å². The number of ether oxygens (including phenoxy) is 1. The molecule has 6 nitrogen and oxygen atoms in total. The molecule has 23 heavy (non-hydrogen) atoms. The molecule has 0 aromatic heterocycles. The predicted octanol–water partition coefficient (Wildman–Crippen LogP) is 2.62. The summed E-state index contributed by atoms with van der Waals surface area (Å²) in [6.07, 6.45) is 5.11. The molecular weight excluding hydrogens is 296 g/mol. The maximum atomic E-state index is 12.0. The number of carbonyl (C=O) groups is 2. The molecule has 132 valence electrons. The average molecular weight is 326 g/mol. The highest BCUT2D eigenvalue weighted by Crippen LogP contribution is 2.26. The summed E-state index contributed by atoms with van der Waals surface area (Å²) in [4.78, 5) is 25.0. The maximum absolute atomic E-state index is 12.0. The van der Waals surface area contributed by atoms with E-state index >= 15 is 0 Å². The maximum Gasteiger partial charge on any atom is 0.410 e. The fourth-order valence-electron chi connectivity index (χ4n) is 3.45. The molecule has 1 aliphatic carbocycles. The van der Waals surface area contributed by atoms with Crippen LogP contribution in [-0.2, 0) is 9.53 Å². The van der Waals surface area contributed by atoms with Crippen LogP contribution in [0.2, 0.25) is 0 Å². The summed E-state index contributed by atoms with van der Waals surface area (Å²) >= 11 is 0. The van der Waals surface area contributed by atoms with Gasteiger partial charge in [-0.2, -0.15) is 0 Å². The highest BCUT2D eigenvalue weighted by atomic mass is 16.6. The second kappa shape index (κ2) is 7.51. The highest BCUT2D eigenvalue weighted by Gasteiger charge is 2.31. The summed E-state index contributed by atoms with van der Waals surface area (Å²) in [6, 6.07) is 0.661. The van der Waals surface area contributed by atoms with Crippen molar-refractivity contribution in [1.29, 1.82) is 0 Å². The third-order valence-electron chi connectivity index (χ3n) is 4.64. The third-order valence-corrected chi connectivity index (χ3v) is 4.64. The molecule has 1 amide bonds. The topological polar surface area (TPSA) is 78.9 Å². The van der Waals surface area contributed by atoms with Crippen molar-refractivity contribution in [2.75, 3.05) is 13.1 Å². The van der Waals surface area contributed by atoms with Crippen LogP contribution in [0.4, 0.5) is 4.79 Å². The van der Waals surface area contributed by atoms with Gasteiger partial charge in [0.05, 0.1) is 5.92 Å². The number of carbonyl (C=O) groups excluding carboxylic acids is 1. The van der Waals surface area contributed by atoms with E-state index in [2.05, 4.69) is 5.32 Å². The van der Waals surface area contributed by atoms with Crippen LogP contribution in [0.3, 0.4) is 0 Å². The number of nitrogens with zero attached hydrogens (tertiary/aromatic N) is 1. The second-order valence-corrected chi connectivity index (χ2v) is 7.81. The monoisotopic (exact) mass is 326 g/mol. The first-order valence-electron chi connectivity index (χ1n) is 8.71. The SMILES string of the molecule is CC(C)(C)OC(=O)N1CCC(NC2CCCC(C(=O)O)C2)CC1. The largest absolute Gasteiger partial charge is 0.481 e. The zero-order valence-corrected chi connectivity index (χ0v) is 14.5. The lowest BCUT2D eigenvalue weighted by Crippen LogP contribution is -2.49. The Balaban J connectivity index is 1.74. The van der Waals surface area contributed by atoms with Gasteiger partial charge in [0.25, 0.3) is 0 Å². The number of nitrogens with one attached hydrogen (secondary N) is 1. The van der Waals surface area contributed by atoms with E-state index in [9.17, 15) is 9.59 Å². The van der Waals surface area contributed by atoms with Crippen molar-refractivity contribution in [3.63, 3.8) is 0 Å². The summed E-state index contributed by atoms with van der Waals surface area (Å²) in [6.45, 7) is 7.02. The minimum atomic E-state index is -0.670. The summed E-state index contributed by atoms with van der Waals surface area (Å²) in [5.74, 6) is -0.876. The van der Waals surface area contributed by atoms with Gasteiger partial charge in [0.15, 0.2) is 0 Å². The van der Waals surface area contributed by atoms with Crippen LogP contribution in [-0.4, -0.2) is 52.8 Å². The van der Waals surface area contributed by atoms with Gasteiger partial charge in [-0.15, -0.1) is 0 Å². The number of likely N-dealkylation sites (tertiary alicyclic amines) is 1. The van der Waals surface area contributed by atoms with Gasteiger partial charge < -0.3 is 20.1 Å². The zero-order chi connectivity index (χ0) is 17.0. The van der Waals surface area contributed by atoms with Crippen molar-refractivity contribution >= 4 is 12.1 Å². The molecule has 1 saturated heterocycles. The van der Waals surface area contributed by atoms with Crippen LogP contribution < -0.4 is 5.32 Å².